The second kappa shape index (κ2) is 8.50. The highest BCUT2D eigenvalue weighted by Gasteiger charge is 2.49. The Morgan fingerprint density at radius 2 is 1.12 bits per heavy atom. The van der Waals surface area contributed by atoms with Crippen LogP contribution in [0.3, 0.4) is 0 Å². The van der Waals surface area contributed by atoms with E-state index in [1.54, 1.807) is 0 Å². The van der Waals surface area contributed by atoms with Gasteiger partial charge in [0, 0.05) is 20.6 Å². The van der Waals surface area contributed by atoms with E-state index in [1.165, 1.54) is 81.4 Å². The van der Waals surface area contributed by atoms with Crippen molar-refractivity contribution in [3.8, 4) is 16.8 Å². The van der Waals surface area contributed by atoms with E-state index in [0.717, 1.165) is 0 Å². The van der Waals surface area contributed by atoms with Gasteiger partial charge in [0.15, 0.2) is 0 Å². The molecule has 0 aliphatic carbocycles. The summed E-state index contributed by atoms with van der Waals surface area (Å²) >= 11 is 1.91. The molecule has 43 heavy (non-hydrogen) atoms. The Morgan fingerprint density at radius 1 is 0.442 bits per heavy atom. The summed E-state index contributed by atoms with van der Waals surface area (Å²) in [7, 11) is 0. The molecule has 0 amide bonds. The van der Waals surface area contributed by atoms with Gasteiger partial charge in [0.05, 0.1) is 22.1 Å². The molecule has 1 spiro atoms. The van der Waals surface area contributed by atoms with Crippen molar-refractivity contribution in [2.24, 2.45) is 0 Å². The molecule has 0 radical (unpaired) electrons. The van der Waals surface area contributed by atoms with Crippen molar-refractivity contribution < 1.29 is 0 Å². The van der Waals surface area contributed by atoms with Crippen molar-refractivity contribution in [2.75, 3.05) is 0 Å². The van der Waals surface area contributed by atoms with Crippen molar-refractivity contribution >= 4 is 44.3 Å². The van der Waals surface area contributed by atoms with Crippen LogP contribution in [-0.4, -0.2) is 4.57 Å². The lowest BCUT2D eigenvalue weighted by molar-refractivity contribution is 0.690. The average Bonchev–Trinajstić information content (AvgIpc) is 3.41. The summed E-state index contributed by atoms with van der Waals surface area (Å²) in [6, 6.07) is 56.5. The van der Waals surface area contributed by atoms with Gasteiger partial charge in [-0.3, -0.25) is 0 Å². The summed E-state index contributed by atoms with van der Waals surface area (Å²) in [5.74, 6) is 0. The van der Waals surface area contributed by atoms with Gasteiger partial charge in [0.25, 0.3) is 0 Å². The zero-order valence-electron chi connectivity index (χ0n) is 23.3. The quantitative estimate of drug-likeness (QED) is 0.192. The smallest absolute Gasteiger partial charge is 0.0764 e. The van der Waals surface area contributed by atoms with Gasteiger partial charge in [-0.05, 0) is 74.5 Å². The summed E-state index contributed by atoms with van der Waals surface area (Å²) in [4.78, 5) is 2.64. The molecule has 0 saturated heterocycles. The van der Waals surface area contributed by atoms with Gasteiger partial charge < -0.3 is 4.57 Å². The van der Waals surface area contributed by atoms with E-state index in [4.69, 9.17) is 0 Å². The SMILES string of the molecule is c1ccc2c(c1)Sc1cc(-c3ccc4ccccc4c3)ccc1C21c2ccccc2-n2c3ccccc3c3cccc1c32. The molecule has 1 atom stereocenters. The van der Waals surface area contributed by atoms with E-state index in [9.17, 15) is 0 Å². The zero-order chi connectivity index (χ0) is 28.1. The number of nitrogens with zero attached hydrogens (tertiary/aromatic N) is 1. The van der Waals surface area contributed by atoms with Crippen LogP contribution in [0, 0.1) is 0 Å². The third kappa shape index (κ3) is 2.99. The van der Waals surface area contributed by atoms with Gasteiger partial charge in [-0.15, -0.1) is 0 Å². The standard InChI is InChI=1S/C41H25NS/c1-2-11-27-24-28(21-20-26(27)10-1)29-22-23-34-39(25-29)43-38-19-8-5-15-33(38)41(34)32-14-4-7-18-37(32)42-36-17-6-3-12-30(36)31-13-9-16-35(41)40(31)42/h1-25H. The second-order valence-electron chi connectivity index (χ2n) is 11.7. The number of aromatic nitrogens is 1. The van der Waals surface area contributed by atoms with Crippen molar-refractivity contribution in [2.45, 2.75) is 15.2 Å². The second-order valence-corrected chi connectivity index (χ2v) is 12.8. The molecular weight excluding hydrogens is 539 g/mol. The largest absolute Gasteiger partial charge is 0.309 e. The van der Waals surface area contributed by atoms with Gasteiger partial charge in [-0.25, -0.2) is 0 Å². The fourth-order valence-electron chi connectivity index (χ4n) is 7.88. The van der Waals surface area contributed by atoms with Crippen LogP contribution in [0.25, 0.3) is 49.4 Å². The summed E-state index contributed by atoms with van der Waals surface area (Å²) in [6.07, 6.45) is 0. The molecule has 8 aromatic rings. The molecule has 1 unspecified atom stereocenters. The van der Waals surface area contributed by atoms with Crippen LogP contribution in [0.5, 0.6) is 0 Å². The minimum Gasteiger partial charge on any atom is -0.309 e. The highest BCUT2D eigenvalue weighted by atomic mass is 32.2. The van der Waals surface area contributed by atoms with Gasteiger partial charge in [-0.1, -0.05) is 133 Å². The summed E-state index contributed by atoms with van der Waals surface area (Å²) in [6.45, 7) is 0. The lowest BCUT2D eigenvalue weighted by Crippen LogP contribution is -2.37. The summed E-state index contributed by atoms with van der Waals surface area (Å²) in [5.41, 5.74) is 11.3. The minimum atomic E-state index is -0.431. The normalized spacial score (nSPS) is 16.4. The number of hydrogen-bond donors (Lipinski definition) is 0. The van der Waals surface area contributed by atoms with E-state index >= 15 is 0 Å². The van der Waals surface area contributed by atoms with E-state index in [1.807, 2.05) is 11.8 Å². The van der Waals surface area contributed by atoms with Crippen molar-refractivity contribution in [3.63, 3.8) is 0 Å². The molecule has 2 heteroatoms. The van der Waals surface area contributed by atoms with Crippen molar-refractivity contribution in [1.29, 1.82) is 0 Å². The molecule has 0 fully saturated rings. The van der Waals surface area contributed by atoms with Crippen LogP contribution in [-0.2, 0) is 5.41 Å². The van der Waals surface area contributed by atoms with Gasteiger partial charge in [0.2, 0.25) is 0 Å². The lowest BCUT2D eigenvalue weighted by atomic mass is 9.62. The van der Waals surface area contributed by atoms with E-state index in [2.05, 4.69) is 156 Å². The number of rotatable bonds is 1. The molecule has 2 aliphatic rings. The van der Waals surface area contributed by atoms with E-state index in [-0.39, 0.29) is 0 Å². The first-order valence-electron chi connectivity index (χ1n) is 14.9. The molecule has 2 aliphatic heterocycles. The fraction of sp³-hybridized carbons (Fsp3) is 0.0244. The van der Waals surface area contributed by atoms with Gasteiger partial charge in [-0.2, -0.15) is 0 Å². The van der Waals surface area contributed by atoms with Crippen molar-refractivity contribution in [3.05, 3.63) is 174 Å². The topological polar surface area (TPSA) is 4.93 Å². The van der Waals surface area contributed by atoms with E-state index in [0.29, 0.717) is 0 Å². The Hall–Kier alpha value is -5.05. The van der Waals surface area contributed by atoms with Crippen LogP contribution < -0.4 is 0 Å². The summed E-state index contributed by atoms with van der Waals surface area (Å²) in [5, 5.41) is 5.16. The third-order valence-electron chi connectivity index (χ3n) is 9.63. The Morgan fingerprint density at radius 3 is 2.07 bits per heavy atom. The first-order valence-corrected chi connectivity index (χ1v) is 15.7. The van der Waals surface area contributed by atoms with Gasteiger partial charge >= 0.3 is 0 Å². The number of hydrogen-bond acceptors (Lipinski definition) is 1. The monoisotopic (exact) mass is 563 g/mol. The molecule has 200 valence electrons. The maximum Gasteiger partial charge on any atom is 0.0764 e. The fourth-order valence-corrected chi connectivity index (χ4v) is 9.11. The molecule has 1 aromatic heterocycles. The molecule has 7 aromatic carbocycles. The highest BCUT2D eigenvalue weighted by molar-refractivity contribution is 7.99. The predicted molar refractivity (Wildman–Crippen MR) is 180 cm³/mol. The van der Waals surface area contributed by atoms with Crippen LogP contribution in [0.15, 0.2) is 161 Å². The molecule has 3 heterocycles. The molecule has 0 saturated carbocycles. The molecule has 1 nitrogen and oxygen atoms in total. The first-order chi connectivity index (χ1) is 21.3. The molecule has 0 bridgehead atoms. The maximum atomic E-state index is 2.51. The molecule has 0 N–H and O–H groups in total. The van der Waals surface area contributed by atoms with E-state index < -0.39 is 5.41 Å². The molecule has 10 rings (SSSR count). The number of para-hydroxylation sites is 3. The van der Waals surface area contributed by atoms with Crippen LogP contribution in [0.4, 0.5) is 0 Å². The number of fused-ring (bicyclic) bond motifs is 12. The maximum absolute atomic E-state index is 2.51. The Kier molecular flexibility index (Phi) is 4.65. The highest BCUT2D eigenvalue weighted by Crippen LogP contribution is 2.60. The van der Waals surface area contributed by atoms with Gasteiger partial charge in [0.1, 0.15) is 0 Å². The van der Waals surface area contributed by atoms with Crippen molar-refractivity contribution in [1.82, 2.24) is 4.57 Å². The van der Waals surface area contributed by atoms with Crippen LogP contribution in [0.1, 0.15) is 22.3 Å². The lowest BCUT2D eigenvalue weighted by Gasteiger charge is -2.45. The zero-order valence-corrected chi connectivity index (χ0v) is 24.1. The predicted octanol–water partition coefficient (Wildman–Crippen LogP) is 10.8. The Bertz CT molecular complexity index is 2450. The summed E-state index contributed by atoms with van der Waals surface area (Å²) < 4.78 is 2.51. The third-order valence-corrected chi connectivity index (χ3v) is 10.8. The Labute approximate surface area is 254 Å². The number of benzene rings is 7. The molecular formula is C41H25NS. The van der Waals surface area contributed by atoms with Crippen LogP contribution in [0.2, 0.25) is 0 Å². The first kappa shape index (κ1) is 23.5. The minimum absolute atomic E-state index is 0.431. The average molecular weight is 564 g/mol. The Balaban J connectivity index is 1.33. The van der Waals surface area contributed by atoms with Crippen LogP contribution >= 0.6 is 11.8 Å².